The number of hydrogen-bond donors (Lipinski definition) is 0. The molecule has 2 nitrogen and oxygen atoms in total. The molecule has 0 spiro atoms. The molecular formula is C16H30N2. The Morgan fingerprint density at radius 1 is 0.944 bits per heavy atom. The fourth-order valence-corrected chi connectivity index (χ4v) is 4.46. The van der Waals surface area contributed by atoms with E-state index in [1.54, 1.807) is 0 Å². The van der Waals surface area contributed by atoms with Crippen molar-refractivity contribution in [3.05, 3.63) is 0 Å². The third-order valence-electron chi connectivity index (χ3n) is 5.59. The first kappa shape index (κ1) is 12.9. The van der Waals surface area contributed by atoms with Crippen LogP contribution in [0.3, 0.4) is 0 Å². The summed E-state index contributed by atoms with van der Waals surface area (Å²) in [6.45, 7) is 7.89. The zero-order valence-electron chi connectivity index (χ0n) is 12.1. The molecule has 1 saturated carbocycles. The van der Waals surface area contributed by atoms with Crippen LogP contribution in [0.1, 0.15) is 58.3 Å². The van der Waals surface area contributed by atoms with Gasteiger partial charge in [0, 0.05) is 31.7 Å². The van der Waals surface area contributed by atoms with E-state index in [4.69, 9.17) is 0 Å². The van der Waals surface area contributed by atoms with Crippen molar-refractivity contribution >= 4 is 0 Å². The fraction of sp³-hybridized carbons (Fsp3) is 1.00. The van der Waals surface area contributed by atoms with Crippen LogP contribution >= 0.6 is 0 Å². The van der Waals surface area contributed by atoms with Gasteiger partial charge in [0.05, 0.1) is 0 Å². The average Bonchev–Trinajstić information content (AvgIpc) is 2.86. The molecule has 2 saturated heterocycles. The lowest BCUT2D eigenvalue weighted by Gasteiger charge is -2.45. The molecule has 0 aromatic carbocycles. The molecule has 3 rings (SSSR count). The normalized spacial score (nSPS) is 35.8. The first-order valence-electron chi connectivity index (χ1n) is 8.35. The molecule has 3 fully saturated rings. The highest BCUT2D eigenvalue weighted by atomic mass is 15.3. The highest BCUT2D eigenvalue weighted by molar-refractivity contribution is 4.92. The Kier molecular flexibility index (Phi) is 4.25. The average molecular weight is 250 g/mol. The van der Waals surface area contributed by atoms with Gasteiger partial charge in [0.15, 0.2) is 0 Å². The maximum absolute atomic E-state index is 2.86. The minimum Gasteiger partial charge on any atom is -0.298 e. The molecule has 2 unspecified atom stereocenters. The van der Waals surface area contributed by atoms with E-state index >= 15 is 0 Å². The Morgan fingerprint density at radius 3 is 2.56 bits per heavy atom. The molecule has 2 aliphatic heterocycles. The first-order chi connectivity index (χ1) is 8.86. The van der Waals surface area contributed by atoms with Crippen molar-refractivity contribution in [3.8, 4) is 0 Å². The molecule has 0 bridgehead atoms. The number of fused-ring (bicyclic) bond motifs is 1. The van der Waals surface area contributed by atoms with E-state index in [9.17, 15) is 0 Å². The zero-order chi connectivity index (χ0) is 12.4. The van der Waals surface area contributed by atoms with Crippen molar-refractivity contribution in [2.45, 2.75) is 70.4 Å². The quantitative estimate of drug-likeness (QED) is 0.759. The van der Waals surface area contributed by atoms with E-state index in [0.29, 0.717) is 0 Å². The van der Waals surface area contributed by atoms with Crippen LogP contribution in [0, 0.1) is 5.92 Å². The Labute approximate surface area is 113 Å². The molecule has 18 heavy (non-hydrogen) atoms. The Hall–Kier alpha value is -0.0800. The van der Waals surface area contributed by atoms with E-state index in [-0.39, 0.29) is 0 Å². The van der Waals surface area contributed by atoms with Crippen molar-refractivity contribution < 1.29 is 0 Å². The van der Waals surface area contributed by atoms with Gasteiger partial charge >= 0.3 is 0 Å². The third kappa shape index (κ3) is 2.75. The predicted octanol–water partition coefficient (Wildman–Crippen LogP) is 3.13. The molecule has 3 aliphatic rings. The van der Waals surface area contributed by atoms with E-state index < -0.39 is 0 Å². The lowest BCUT2D eigenvalue weighted by molar-refractivity contribution is 0.0339. The second-order valence-electron chi connectivity index (χ2n) is 6.81. The second kappa shape index (κ2) is 5.92. The second-order valence-corrected chi connectivity index (χ2v) is 6.81. The van der Waals surface area contributed by atoms with Crippen LogP contribution in [-0.2, 0) is 0 Å². The third-order valence-corrected chi connectivity index (χ3v) is 5.59. The van der Waals surface area contributed by atoms with Gasteiger partial charge in [0.25, 0.3) is 0 Å². The minimum absolute atomic E-state index is 0.848. The summed E-state index contributed by atoms with van der Waals surface area (Å²) < 4.78 is 0. The van der Waals surface area contributed by atoms with Gasteiger partial charge in [-0.1, -0.05) is 26.2 Å². The highest BCUT2D eigenvalue weighted by Gasteiger charge is 2.36. The van der Waals surface area contributed by atoms with Crippen LogP contribution in [0.25, 0.3) is 0 Å². The summed E-state index contributed by atoms with van der Waals surface area (Å²) in [5.41, 5.74) is 0. The monoisotopic (exact) mass is 250 g/mol. The fourth-order valence-electron chi connectivity index (χ4n) is 4.46. The number of nitrogens with zero attached hydrogens (tertiary/aromatic N) is 2. The van der Waals surface area contributed by atoms with E-state index in [1.165, 1.54) is 77.5 Å². The molecule has 104 valence electrons. The standard InChI is InChI=1S/C16H30N2/c1-2-15-12-17-10-6-9-16(17)13-18(15)11-14-7-4-3-5-8-14/h14-16H,2-13H2,1H3. The summed E-state index contributed by atoms with van der Waals surface area (Å²) in [7, 11) is 0. The summed E-state index contributed by atoms with van der Waals surface area (Å²) in [6.07, 6.45) is 11.7. The molecule has 2 atom stereocenters. The van der Waals surface area contributed by atoms with Gasteiger partial charge in [-0.25, -0.2) is 0 Å². The number of piperazine rings is 1. The maximum Gasteiger partial charge on any atom is 0.0224 e. The van der Waals surface area contributed by atoms with E-state index in [0.717, 1.165) is 18.0 Å². The predicted molar refractivity (Wildman–Crippen MR) is 76.8 cm³/mol. The maximum atomic E-state index is 2.86. The van der Waals surface area contributed by atoms with Crippen LogP contribution in [0.4, 0.5) is 0 Å². The molecule has 0 amide bonds. The van der Waals surface area contributed by atoms with E-state index in [1.807, 2.05) is 0 Å². The van der Waals surface area contributed by atoms with Gasteiger partial charge in [0.2, 0.25) is 0 Å². The number of hydrogen-bond acceptors (Lipinski definition) is 2. The summed E-state index contributed by atoms with van der Waals surface area (Å²) in [6, 6.07) is 1.75. The van der Waals surface area contributed by atoms with Gasteiger partial charge in [-0.15, -0.1) is 0 Å². The van der Waals surface area contributed by atoms with Crippen molar-refractivity contribution in [2.75, 3.05) is 26.2 Å². The molecule has 1 aliphatic carbocycles. The van der Waals surface area contributed by atoms with Crippen LogP contribution in [0.5, 0.6) is 0 Å². The van der Waals surface area contributed by atoms with E-state index in [2.05, 4.69) is 16.7 Å². The Balaban J connectivity index is 1.58. The van der Waals surface area contributed by atoms with Crippen molar-refractivity contribution in [2.24, 2.45) is 5.92 Å². The highest BCUT2D eigenvalue weighted by Crippen LogP contribution is 2.30. The lowest BCUT2D eigenvalue weighted by Crippen LogP contribution is -2.56. The smallest absolute Gasteiger partial charge is 0.0224 e. The van der Waals surface area contributed by atoms with Crippen molar-refractivity contribution in [1.29, 1.82) is 0 Å². The zero-order valence-corrected chi connectivity index (χ0v) is 12.1. The minimum atomic E-state index is 0.848. The lowest BCUT2D eigenvalue weighted by atomic mass is 9.88. The molecule has 2 heterocycles. The summed E-state index contributed by atoms with van der Waals surface area (Å²) in [5.74, 6) is 1.01. The van der Waals surface area contributed by atoms with Crippen molar-refractivity contribution in [1.82, 2.24) is 9.80 Å². The Morgan fingerprint density at radius 2 is 1.78 bits per heavy atom. The Bertz CT molecular complexity index is 260. The van der Waals surface area contributed by atoms with Crippen LogP contribution in [0.2, 0.25) is 0 Å². The topological polar surface area (TPSA) is 6.48 Å². The van der Waals surface area contributed by atoms with Gasteiger partial charge < -0.3 is 0 Å². The van der Waals surface area contributed by atoms with Crippen LogP contribution in [0.15, 0.2) is 0 Å². The molecule has 2 heteroatoms. The van der Waals surface area contributed by atoms with Gasteiger partial charge in [0.1, 0.15) is 0 Å². The SMILES string of the molecule is CCC1CN2CCCC2CN1CC1CCCCC1. The summed E-state index contributed by atoms with van der Waals surface area (Å²) in [5, 5.41) is 0. The molecule has 0 radical (unpaired) electrons. The van der Waals surface area contributed by atoms with Crippen LogP contribution in [-0.4, -0.2) is 48.1 Å². The summed E-state index contributed by atoms with van der Waals surface area (Å²) >= 11 is 0. The first-order valence-corrected chi connectivity index (χ1v) is 8.35. The molecule has 0 N–H and O–H groups in total. The summed E-state index contributed by atoms with van der Waals surface area (Å²) in [4.78, 5) is 5.63. The van der Waals surface area contributed by atoms with Gasteiger partial charge in [-0.05, 0) is 44.6 Å². The van der Waals surface area contributed by atoms with Crippen molar-refractivity contribution in [3.63, 3.8) is 0 Å². The van der Waals surface area contributed by atoms with Crippen LogP contribution < -0.4 is 0 Å². The number of rotatable bonds is 3. The van der Waals surface area contributed by atoms with Gasteiger partial charge in [-0.3, -0.25) is 9.80 Å². The molecule has 0 aromatic heterocycles. The van der Waals surface area contributed by atoms with Gasteiger partial charge in [-0.2, -0.15) is 0 Å². The molecular weight excluding hydrogens is 220 g/mol. The largest absolute Gasteiger partial charge is 0.298 e. The molecule has 0 aromatic rings.